The Morgan fingerprint density at radius 2 is 1.89 bits per heavy atom. The maximum atomic E-state index is 13.1. The molecule has 0 amide bonds. The monoisotopic (exact) mass is 389 g/mol. The third kappa shape index (κ3) is 3.85. The highest BCUT2D eigenvalue weighted by Crippen LogP contribution is 2.35. The van der Waals surface area contributed by atoms with Gasteiger partial charge in [0, 0.05) is 5.92 Å². The van der Waals surface area contributed by atoms with Gasteiger partial charge in [-0.15, -0.1) is 0 Å². The van der Waals surface area contributed by atoms with Crippen molar-refractivity contribution in [1.82, 2.24) is 4.98 Å². The molecule has 8 nitrogen and oxygen atoms in total. The van der Waals surface area contributed by atoms with E-state index in [9.17, 15) is 14.4 Å². The number of Topliss-reactive ketones (excluding diaryl/α,β-unsaturated/α-hetero) is 1. The van der Waals surface area contributed by atoms with Crippen molar-refractivity contribution < 1.29 is 33.4 Å². The van der Waals surface area contributed by atoms with Crippen molar-refractivity contribution in [1.29, 1.82) is 0 Å². The number of aromatic nitrogens is 1. The Morgan fingerprint density at radius 3 is 2.50 bits per heavy atom. The van der Waals surface area contributed by atoms with Gasteiger partial charge < -0.3 is 19.0 Å². The molecule has 0 radical (unpaired) electrons. The number of methoxy groups -OCH3 is 1. The highest BCUT2D eigenvalue weighted by atomic mass is 16.5. The highest BCUT2D eigenvalue weighted by Gasteiger charge is 2.40. The van der Waals surface area contributed by atoms with E-state index in [1.165, 1.54) is 7.11 Å². The lowest BCUT2D eigenvalue weighted by Crippen LogP contribution is -2.33. The van der Waals surface area contributed by atoms with Gasteiger partial charge in [0.15, 0.2) is 22.8 Å². The summed E-state index contributed by atoms with van der Waals surface area (Å²) in [5.74, 6) is -3.60. The van der Waals surface area contributed by atoms with Gasteiger partial charge in [-0.1, -0.05) is 6.07 Å². The molecule has 0 saturated heterocycles. The van der Waals surface area contributed by atoms with Crippen LogP contribution >= 0.6 is 0 Å². The molecule has 3 rings (SSSR count). The Bertz CT molecular complexity index is 880. The van der Waals surface area contributed by atoms with Crippen LogP contribution in [0.4, 0.5) is 0 Å². The van der Waals surface area contributed by atoms with E-state index in [1.54, 1.807) is 25.1 Å². The minimum absolute atomic E-state index is 0.0247. The number of nitrogens with zero attached hydrogens (tertiary/aromatic N) is 1. The molecule has 0 aliphatic heterocycles. The van der Waals surface area contributed by atoms with Gasteiger partial charge in [0.05, 0.1) is 19.6 Å². The van der Waals surface area contributed by atoms with Crippen LogP contribution in [-0.2, 0) is 19.1 Å². The summed E-state index contributed by atoms with van der Waals surface area (Å²) in [5.41, 5.74) is 0.836. The van der Waals surface area contributed by atoms with Gasteiger partial charge in [-0.25, -0.2) is 4.98 Å². The molecular weight excluding hydrogens is 366 g/mol. The van der Waals surface area contributed by atoms with Crippen molar-refractivity contribution in [2.24, 2.45) is 11.8 Å². The van der Waals surface area contributed by atoms with Gasteiger partial charge in [0.1, 0.15) is 5.75 Å². The first-order valence-electron chi connectivity index (χ1n) is 9.32. The average molecular weight is 389 g/mol. The smallest absolute Gasteiger partial charge is 0.326 e. The van der Waals surface area contributed by atoms with Crippen LogP contribution < -0.4 is 4.74 Å². The summed E-state index contributed by atoms with van der Waals surface area (Å²) in [6, 6.07) is 5.12. The minimum atomic E-state index is -1.27. The molecule has 1 aliphatic rings. The van der Waals surface area contributed by atoms with E-state index in [0.29, 0.717) is 42.5 Å². The van der Waals surface area contributed by atoms with Crippen molar-refractivity contribution in [2.75, 3.05) is 13.7 Å². The number of carbonyl (C=O) groups is 3. The van der Waals surface area contributed by atoms with Crippen LogP contribution in [-0.4, -0.2) is 41.5 Å². The van der Waals surface area contributed by atoms with Crippen LogP contribution in [0.5, 0.6) is 5.75 Å². The number of para-hydroxylation sites is 1. The van der Waals surface area contributed by atoms with E-state index in [1.807, 2.05) is 0 Å². The van der Waals surface area contributed by atoms with Gasteiger partial charge in [0.25, 0.3) is 0 Å². The standard InChI is InChI=1S/C20H23NO7/c1-3-27-20(25)15(17(22)11-7-9-12(10-8-11)19(23)24)18-21-16-13(26-2)5-4-6-14(16)28-18/h4-6,11-12,15H,3,7-10H2,1-2H3,(H,23,24). The second kappa shape index (κ2) is 8.41. The molecule has 1 N–H and O–H groups in total. The van der Waals surface area contributed by atoms with E-state index in [4.69, 9.17) is 19.0 Å². The molecule has 1 unspecified atom stereocenters. The summed E-state index contributed by atoms with van der Waals surface area (Å²) in [5, 5.41) is 9.14. The third-order valence-corrected chi connectivity index (χ3v) is 5.15. The van der Waals surface area contributed by atoms with Gasteiger partial charge in [0.2, 0.25) is 5.89 Å². The maximum Gasteiger partial charge on any atom is 0.326 e. The third-order valence-electron chi connectivity index (χ3n) is 5.15. The van der Waals surface area contributed by atoms with Crippen LogP contribution in [0.3, 0.4) is 0 Å². The molecule has 150 valence electrons. The molecule has 0 spiro atoms. The van der Waals surface area contributed by atoms with Gasteiger partial charge >= 0.3 is 11.9 Å². The number of aliphatic carboxylic acids is 1. The topological polar surface area (TPSA) is 116 Å². The predicted octanol–water partition coefficient (Wildman–Crippen LogP) is 2.94. The summed E-state index contributed by atoms with van der Waals surface area (Å²) in [6.45, 7) is 1.78. The molecule has 1 saturated carbocycles. The molecule has 28 heavy (non-hydrogen) atoms. The molecule has 1 aliphatic carbocycles. The number of hydrogen-bond acceptors (Lipinski definition) is 7. The molecule has 8 heteroatoms. The number of hydrogen-bond donors (Lipinski definition) is 1. The molecule has 1 aromatic heterocycles. The van der Waals surface area contributed by atoms with Crippen molar-refractivity contribution in [3.63, 3.8) is 0 Å². The van der Waals surface area contributed by atoms with Crippen LogP contribution in [0.25, 0.3) is 11.1 Å². The fourth-order valence-corrected chi connectivity index (χ4v) is 3.65. The first-order chi connectivity index (χ1) is 13.5. The summed E-state index contributed by atoms with van der Waals surface area (Å²) < 4.78 is 16.1. The number of ether oxygens (including phenoxy) is 2. The van der Waals surface area contributed by atoms with Crippen LogP contribution in [0.2, 0.25) is 0 Å². The largest absolute Gasteiger partial charge is 0.494 e. The fourth-order valence-electron chi connectivity index (χ4n) is 3.65. The molecule has 1 atom stereocenters. The number of benzene rings is 1. The van der Waals surface area contributed by atoms with Crippen molar-refractivity contribution in [3.05, 3.63) is 24.1 Å². The summed E-state index contributed by atoms with van der Waals surface area (Å²) in [7, 11) is 1.50. The summed E-state index contributed by atoms with van der Waals surface area (Å²) in [6.07, 6.45) is 1.63. The lowest BCUT2D eigenvalue weighted by atomic mass is 9.77. The van der Waals surface area contributed by atoms with Gasteiger partial charge in [-0.05, 0) is 44.7 Å². The van der Waals surface area contributed by atoms with Gasteiger partial charge in [-0.2, -0.15) is 0 Å². The Hall–Kier alpha value is -2.90. The maximum absolute atomic E-state index is 13.1. The molecule has 1 aromatic carbocycles. The number of rotatable bonds is 7. The Balaban J connectivity index is 1.90. The number of carbonyl (C=O) groups excluding carboxylic acids is 2. The lowest BCUT2D eigenvalue weighted by molar-refractivity contribution is -0.151. The molecule has 2 aromatic rings. The van der Waals surface area contributed by atoms with E-state index in [2.05, 4.69) is 4.98 Å². The second-order valence-corrected chi connectivity index (χ2v) is 6.83. The van der Waals surface area contributed by atoms with Gasteiger partial charge in [-0.3, -0.25) is 14.4 Å². The van der Waals surface area contributed by atoms with Crippen LogP contribution in [0.15, 0.2) is 22.6 Å². The normalized spacial score (nSPS) is 20.5. The number of carboxylic acid groups (broad SMARTS) is 1. The zero-order valence-electron chi connectivity index (χ0n) is 15.8. The van der Waals surface area contributed by atoms with Crippen LogP contribution in [0, 0.1) is 11.8 Å². The lowest BCUT2D eigenvalue weighted by Gasteiger charge is -2.26. The molecule has 1 heterocycles. The first-order valence-corrected chi connectivity index (χ1v) is 9.32. The van der Waals surface area contributed by atoms with E-state index in [-0.39, 0.29) is 18.3 Å². The number of carboxylic acids is 1. The average Bonchev–Trinajstić information content (AvgIpc) is 3.11. The second-order valence-electron chi connectivity index (χ2n) is 6.83. The van der Waals surface area contributed by atoms with Crippen molar-refractivity contribution in [3.8, 4) is 5.75 Å². The Kier molecular flexibility index (Phi) is 5.96. The first kappa shape index (κ1) is 19.9. The zero-order valence-corrected chi connectivity index (χ0v) is 15.8. The minimum Gasteiger partial charge on any atom is -0.494 e. The van der Waals surface area contributed by atoms with E-state index in [0.717, 1.165) is 0 Å². The molecule has 1 fully saturated rings. The van der Waals surface area contributed by atoms with Crippen molar-refractivity contribution in [2.45, 2.75) is 38.5 Å². The SMILES string of the molecule is CCOC(=O)C(C(=O)C1CCC(C(=O)O)CC1)c1nc2c(OC)cccc2o1. The predicted molar refractivity (Wildman–Crippen MR) is 98.0 cm³/mol. The number of fused-ring (bicyclic) bond motifs is 1. The Labute approximate surface area is 161 Å². The van der Waals surface area contributed by atoms with Crippen molar-refractivity contribution >= 4 is 28.8 Å². The number of ketones is 1. The zero-order chi connectivity index (χ0) is 20.3. The molecule has 0 bridgehead atoms. The fraction of sp³-hybridized carbons (Fsp3) is 0.500. The quantitative estimate of drug-likeness (QED) is 0.567. The van der Waals surface area contributed by atoms with Crippen LogP contribution in [0.1, 0.15) is 44.4 Å². The summed E-state index contributed by atoms with van der Waals surface area (Å²) >= 11 is 0. The highest BCUT2D eigenvalue weighted by molar-refractivity contribution is 6.05. The molecular formula is C20H23NO7. The van der Waals surface area contributed by atoms with E-state index >= 15 is 0 Å². The number of esters is 1. The van der Waals surface area contributed by atoms with E-state index < -0.39 is 29.7 Å². The summed E-state index contributed by atoms with van der Waals surface area (Å²) in [4.78, 5) is 41.2. The Morgan fingerprint density at radius 1 is 1.21 bits per heavy atom. The number of oxazole rings is 1.